The van der Waals surface area contributed by atoms with Crippen LogP contribution in [0.3, 0.4) is 0 Å². The minimum atomic E-state index is -0.0750. The van der Waals surface area contributed by atoms with E-state index in [1.165, 1.54) is 17.5 Å². The molecule has 0 radical (unpaired) electrons. The predicted octanol–water partition coefficient (Wildman–Crippen LogP) is 2.23. The number of hydrogen-bond donors (Lipinski definition) is 1. The van der Waals surface area contributed by atoms with Crippen molar-refractivity contribution in [3.05, 3.63) is 21.0 Å². The molecule has 2 rings (SSSR count). The summed E-state index contributed by atoms with van der Waals surface area (Å²) >= 11 is 7.90. The zero-order valence-corrected chi connectivity index (χ0v) is 10.8. The average molecular weight is 258 g/mol. The molecule has 0 aromatic carbocycles. The van der Waals surface area contributed by atoms with Gasteiger partial charge in [-0.05, 0) is 19.3 Å². The van der Waals surface area contributed by atoms with Crippen molar-refractivity contribution in [2.75, 3.05) is 6.54 Å². The molecule has 0 aliphatic carbocycles. The monoisotopic (exact) mass is 258 g/mol. The first kappa shape index (κ1) is 11.0. The number of nitrogens with one attached hydrogen (secondary N) is 1. The third-order valence-corrected chi connectivity index (χ3v) is 4.60. The Morgan fingerprint density at radius 2 is 2.33 bits per heavy atom. The largest absolute Gasteiger partial charge is 0.339 e. The summed E-state index contributed by atoms with van der Waals surface area (Å²) in [5.74, 6) is -0.0750. The van der Waals surface area contributed by atoms with Gasteiger partial charge in [-0.1, -0.05) is 35.7 Å². The van der Waals surface area contributed by atoms with Crippen molar-refractivity contribution >= 4 is 46.0 Å². The van der Waals surface area contributed by atoms with E-state index in [-0.39, 0.29) is 5.91 Å². The predicted molar refractivity (Wildman–Crippen MR) is 69.1 cm³/mol. The van der Waals surface area contributed by atoms with Crippen LogP contribution in [-0.4, -0.2) is 21.7 Å². The van der Waals surface area contributed by atoms with Gasteiger partial charge in [-0.25, -0.2) is 0 Å². The van der Waals surface area contributed by atoms with Crippen molar-refractivity contribution in [1.29, 1.82) is 0 Å². The van der Waals surface area contributed by atoms with E-state index in [0.717, 1.165) is 16.5 Å². The molecule has 0 spiro atoms. The summed E-state index contributed by atoms with van der Waals surface area (Å²) < 4.78 is 0.545. The standard InChI is InChI=1S/C9H10N2OS3/c1-3-11-5(2)4-14-8(11)6-7(12)10-9(13)15-6/h4H,3H2,1-2H3,(H,10,12,13). The fraction of sp³-hybridized carbons (Fsp3) is 0.333. The highest BCUT2D eigenvalue weighted by atomic mass is 32.2. The lowest BCUT2D eigenvalue weighted by Gasteiger charge is -2.19. The second-order valence-corrected chi connectivity index (χ2v) is 5.64. The zero-order valence-electron chi connectivity index (χ0n) is 8.36. The first-order valence-corrected chi connectivity index (χ1v) is 6.62. The number of allylic oxidation sites excluding steroid dienone is 1. The highest BCUT2D eigenvalue weighted by Crippen LogP contribution is 2.41. The second kappa shape index (κ2) is 4.19. The Kier molecular flexibility index (Phi) is 3.08. The highest BCUT2D eigenvalue weighted by molar-refractivity contribution is 8.27. The van der Waals surface area contributed by atoms with Gasteiger partial charge in [-0.2, -0.15) is 0 Å². The number of thiocarbonyl (C=S) groups is 1. The van der Waals surface area contributed by atoms with Gasteiger partial charge in [0.25, 0.3) is 5.91 Å². The Morgan fingerprint density at radius 3 is 2.87 bits per heavy atom. The third-order valence-electron chi connectivity index (χ3n) is 2.14. The number of carbonyl (C=O) groups is 1. The van der Waals surface area contributed by atoms with Gasteiger partial charge in [0.15, 0.2) is 0 Å². The smallest absolute Gasteiger partial charge is 0.266 e. The zero-order chi connectivity index (χ0) is 11.0. The Labute approximate surface area is 102 Å². The minimum Gasteiger partial charge on any atom is -0.339 e. The molecule has 15 heavy (non-hydrogen) atoms. The maximum absolute atomic E-state index is 11.6. The molecular weight excluding hydrogens is 248 g/mol. The topological polar surface area (TPSA) is 32.3 Å². The molecule has 0 aromatic rings. The quantitative estimate of drug-likeness (QED) is 0.576. The van der Waals surface area contributed by atoms with Crippen molar-refractivity contribution in [3.8, 4) is 0 Å². The van der Waals surface area contributed by atoms with Gasteiger partial charge < -0.3 is 10.2 Å². The van der Waals surface area contributed by atoms with Crippen LogP contribution < -0.4 is 5.32 Å². The maximum Gasteiger partial charge on any atom is 0.266 e. The molecule has 0 atom stereocenters. The molecule has 6 heteroatoms. The van der Waals surface area contributed by atoms with E-state index in [1.54, 1.807) is 11.8 Å². The SMILES string of the molecule is CCN1C(C)=CSC1=C1SC(=S)NC1=O. The van der Waals surface area contributed by atoms with Gasteiger partial charge in [0.05, 0.1) is 5.03 Å². The normalized spacial score (nSPS) is 26.0. The van der Waals surface area contributed by atoms with Crippen LogP contribution in [0.5, 0.6) is 0 Å². The van der Waals surface area contributed by atoms with E-state index in [2.05, 4.69) is 22.5 Å². The van der Waals surface area contributed by atoms with E-state index < -0.39 is 0 Å². The maximum atomic E-state index is 11.6. The first-order chi connectivity index (χ1) is 7.13. The van der Waals surface area contributed by atoms with Crippen molar-refractivity contribution in [3.63, 3.8) is 0 Å². The molecule has 1 saturated heterocycles. The minimum absolute atomic E-state index is 0.0750. The van der Waals surface area contributed by atoms with Gasteiger partial charge in [0, 0.05) is 12.2 Å². The molecule has 80 valence electrons. The molecule has 2 heterocycles. The number of thioether (sulfide) groups is 2. The van der Waals surface area contributed by atoms with E-state index in [1.807, 2.05) is 6.92 Å². The fourth-order valence-corrected chi connectivity index (χ4v) is 3.74. The van der Waals surface area contributed by atoms with Gasteiger partial charge in [-0.15, -0.1) is 0 Å². The van der Waals surface area contributed by atoms with Gasteiger partial charge >= 0.3 is 0 Å². The summed E-state index contributed by atoms with van der Waals surface area (Å²) in [6.07, 6.45) is 0. The van der Waals surface area contributed by atoms with E-state index in [0.29, 0.717) is 4.32 Å². The highest BCUT2D eigenvalue weighted by Gasteiger charge is 2.30. The van der Waals surface area contributed by atoms with Crippen molar-refractivity contribution in [2.24, 2.45) is 0 Å². The van der Waals surface area contributed by atoms with Crippen LogP contribution in [0.15, 0.2) is 21.0 Å². The van der Waals surface area contributed by atoms with Crippen LogP contribution in [-0.2, 0) is 4.79 Å². The molecule has 0 saturated carbocycles. The van der Waals surface area contributed by atoms with E-state index in [4.69, 9.17) is 12.2 Å². The van der Waals surface area contributed by atoms with Crippen LogP contribution in [0.2, 0.25) is 0 Å². The van der Waals surface area contributed by atoms with E-state index in [9.17, 15) is 4.79 Å². The molecule has 2 aliphatic heterocycles. The molecule has 0 bridgehead atoms. The van der Waals surface area contributed by atoms with Crippen molar-refractivity contribution in [1.82, 2.24) is 10.2 Å². The summed E-state index contributed by atoms with van der Waals surface area (Å²) in [5.41, 5.74) is 1.18. The number of carbonyl (C=O) groups excluding carboxylic acids is 1. The summed E-state index contributed by atoms with van der Waals surface area (Å²) in [4.78, 5) is 14.4. The van der Waals surface area contributed by atoms with Crippen molar-refractivity contribution in [2.45, 2.75) is 13.8 Å². The van der Waals surface area contributed by atoms with Crippen LogP contribution in [0.4, 0.5) is 0 Å². The van der Waals surface area contributed by atoms with Crippen LogP contribution in [0.25, 0.3) is 0 Å². The Balaban J connectivity index is 2.35. The van der Waals surface area contributed by atoms with Crippen molar-refractivity contribution < 1.29 is 4.79 Å². The first-order valence-electron chi connectivity index (χ1n) is 4.52. The molecule has 3 nitrogen and oxygen atoms in total. The molecule has 0 aromatic heterocycles. The molecule has 1 fully saturated rings. The Morgan fingerprint density at radius 1 is 1.60 bits per heavy atom. The van der Waals surface area contributed by atoms with Gasteiger partial charge in [0.2, 0.25) is 0 Å². The Hall–Kier alpha value is -0.460. The molecular formula is C9H10N2OS3. The fourth-order valence-electron chi connectivity index (χ4n) is 1.45. The lowest BCUT2D eigenvalue weighted by atomic mass is 10.4. The van der Waals surface area contributed by atoms with E-state index >= 15 is 0 Å². The number of amides is 1. The molecule has 0 unspecified atom stereocenters. The summed E-state index contributed by atoms with van der Waals surface area (Å²) in [7, 11) is 0. The van der Waals surface area contributed by atoms with Gasteiger partial charge in [0.1, 0.15) is 9.23 Å². The number of nitrogens with zero attached hydrogens (tertiary/aromatic N) is 1. The summed E-state index contributed by atoms with van der Waals surface area (Å²) in [6, 6.07) is 0. The number of rotatable bonds is 1. The lowest BCUT2D eigenvalue weighted by molar-refractivity contribution is -0.115. The second-order valence-electron chi connectivity index (χ2n) is 3.10. The molecule has 2 aliphatic rings. The third kappa shape index (κ3) is 1.93. The number of hydrogen-bond acceptors (Lipinski definition) is 5. The molecule has 1 amide bonds. The molecule has 1 N–H and O–H groups in total. The van der Waals surface area contributed by atoms with Crippen LogP contribution in [0.1, 0.15) is 13.8 Å². The van der Waals surface area contributed by atoms with Gasteiger partial charge in [-0.3, -0.25) is 4.79 Å². The summed E-state index contributed by atoms with van der Waals surface area (Å²) in [5, 5.41) is 5.69. The van der Waals surface area contributed by atoms with Crippen LogP contribution >= 0.6 is 35.7 Å². The van der Waals surface area contributed by atoms with Crippen LogP contribution in [0, 0.1) is 0 Å². The average Bonchev–Trinajstić information content (AvgIpc) is 2.69. The Bertz CT molecular complexity index is 400. The summed E-state index contributed by atoms with van der Waals surface area (Å²) in [6.45, 7) is 4.98. The lowest BCUT2D eigenvalue weighted by Crippen LogP contribution is -2.21.